The Balaban J connectivity index is 4.88. The van der Waals surface area contributed by atoms with Gasteiger partial charge in [0.2, 0.25) is 11.8 Å². The molecule has 0 rings (SSSR count). The van der Waals surface area contributed by atoms with Gasteiger partial charge in [-0.1, -0.05) is 0 Å². The minimum absolute atomic E-state index is 0.0500. The highest BCUT2D eigenvalue weighted by Crippen LogP contribution is 2.16. The van der Waals surface area contributed by atoms with Gasteiger partial charge in [-0.15, -0.1) is 0 Å². The van der Waals surface area contributed by atoms with Crippen LogP contribution in [0.1, 0.15) is 38.5 Å². The Kier molecular flexibility index (Phi) is 14.1. The molecule has 0 unspecified atom stereocenters. The molecule has 12 heteroatoms. The summed E-state index contributed by atoms with van der Waals surface area (Å²) in [5.74, 6) is -2.77. The molecule has 2 amide bonds. The van der Waals surface area contributed by atoms with Crippen molar-refractivity contribution in [1.29, 1.82) is 0 Å². The van der Waals surface area contributed by atoms with Crippen LogP contribution < -0.4 is 22.5 Å². The van der Waals surface area contributed by atoms with Crippen LogP contribution in [0.4, 0.5) is 0 Å². The summed E-state index contributed by atoms with van der Waals surface area (Å²) in [6, 6.07) is -1.37. The van der Waals surface area contributed by atoms with E-state index in [9.17, 15) is 29.9 Å². The van der Waals surface area contributed by atoms with Crippen LogP contribution in [0.25, 0.3) is 0 Å². The Morgan fingerprint density at radius 2 is 1.50 bits per heavy atom. The lowest BCUT2D eigenvalue weighted by atomic mass is 10.1. The summed E-state index contributed by atoms with van der Waals surface area (Å²) >= 11 is 0. The Labute approximate surface area is 164 Å². The maximum Gasteiger partial charge on any atom is 0.326 e. The van der Waals surface area contributed by atoms with Gasteiger partial charge < -0.3 is 38.0 Å². The van der Waals surface area contributed by atoms with Crippen LogP contribution in [0.3, 0.4) is 0 Å². The van der Waals surface area contributed by atoms with Crippen molar-refractivity contribution in [3.8, 4) is 0 Å². The summed E-state index contributed by atoms with van der Waals surface area (Å²) in [4.78, 5) is 34.7. The van der Waals surface area contributed by atoms with Gasteiger partial charge in [-0.3, -0.25) is 9.59 Å². The number of hydrogen-bond acceptors (Lipinski definition) is 9. The molecule has 0 aliphatic rings. The molecule has 0 aliphatic carbocycles. The highest BCUT2D eigenvalue weighted by molar-refractivity contribution is 5.92. The quantitative estimate of drug-likeness (QED) is 0.135. The van der Waals surface area contributed by atoms with E-state index in [-0.39, 0.29) is 38.4 Å². The number of rotatable bonds is 17. The molecule has 0 spiro atoms. The molecule has 0 aromatic heterocycles. The number of nitrogens with two attached hydrogens (primary N) is 3. The van der Waals surface area contributed by atoms with E-state index in [0.717, 1.165) is 10.1 Å². The van der Waals surface area contributed by atoms with E-state index in [1.807, 2.05) is 0 Å². The summed E-state index contributed by atoms with van der Waals surface area (Å²) in [7, 11) is 0. The lowest BCUT2D eigenvalue weighted by Crippen LogP contribution is -2.47. The normalized spacial score (nSPS) is 12.5. The van der Waals surface area contributed by atoms with Crippen LogP contribution in [0, 0.1) is 6.04 Å². The van der Waals surface area contributed by atoms with Crippen molar-refractivity contribution >= 4 is 17.8 Å². The highest BCUT2D eigenvalue weighted by atomic mass is 16.5. The molecule has 28 heavy (non-hydrogen) atoms. The van der Waals surface area contributed by atoms with Crippen molar-refractivity contribution < 1.29 is 29.9 Å². The smallest absolute Gasteiger partial charge is 0.326 e. The molecule has 0 saturated heterocycles. The minimum Gasteiger partial charge on any atom is -0.480 e. The number of nitrogens with zero attached hydrogens (tertiary/aromatic N) is 2. The first-order chi connectivity index (χ1) is 13.2. The second kappa shape index (κ2) is 15.1. The fourth-order valence-corrected chi connectivity index (χ4v) is 2.34. The molecule has 163 valence electrons. The lowest BCUT2D eigenvalue weighted by Gasteiger charge is -2.26. The van der Waals surface area contributed by atoms with Crippen molar-refractivity contribution in [2.24, 2.45) is 17.2 Å². The van der Waals surface area contributed by atoms with Crippen molar-refractivity contribution in [1.82, 2.24) is 15.4 Å². The van der Waals surface area contributed by atoms with Crippen LogP contribution in [0.15, 0.2) is 0 Å². The van der Waals surface area contributed by atoms with Gasteiger partial charge in [-0.05, 0) is 45.2 Å². The third-order valence-corrected chi connectivity index (χ3v) is 3.88. The Hall–Kier alpha value is -1.83. The van der Waals surface area contributed by atoms with Gasteiger partial charge in [-0.2, -0.15) is 10.1 Å². The second-order valence-electron chi connectivity index (χ2n) is 6.28. The van der Waals surface area contributed by atoms with E-state index in [0.29, 0.717) is 38.9 Å². The number of amides is 2. The largest absolute Gasteiger partial charge is 0.480 e. The van der Waals surface area contributed by atoms with E-state index in [2.05, 4.69) is 5.32 Å². The van der Waals surface area contributed by atoms with Gasteiger partial charge >= 0.3 is 5.97 Å². The van der Waals surface area contributed by atoms with E-state index in [4.69, 9.17) is 17.2 Å². The topological polar surface area (TPSA) is 208 Å². The molecule has 12 nitrogen and oxygen atoms in total. The highest BCUT2D eigenvalue weighted by Gasteiger charge is 2.30. The number of carboxylic acid groups (broad SMARTS) is 1. The first-order valence-corrected chi connectivity index (χ1v) is 9.21. The van der Waals surface area contributed by atoms with Gasteiger partial charge in [0.05, 0.1) is 0 Å². The second-order valence-corrected chi connectivity index (χ2v) is 6.28. The summed E-state index contributed by atoms with van der Waals surface area (Å²) in [5, 5.41) is 33.2. The number of primary amides is 1. The Bertz CT molecular complexity index is 481. The van der Waals surface area contributed by atoms with Crippen LogP contribution in [-0.2, 0) is 14.4 Å². The monoisotopic (exact) mass is 405 g/mol. The standard InChI is InChI=1S/C16H33N6O6/c17-7-2-10-21(27)9-1-4-13(22(28)11-3-8-18)15(24)20-12(16(25)26)5-6-14(19)23/h12,27-28H,1-11,17-18H2,(H2,19,23)(H,20,24)(H,25,26)/t12-/m0/s1. The fourth-order valence-electron chi connectivity index (χ4n) is 2.34. The van der Waals surface area contributed by atoms with Crippen LogP contribution in [-0.4, -0.2) is 82.2 Å². The van der Waals surface area contributed by atoms with E-state index in [1.54, 1.807) is 0 Å². The van der Waals surface area contributed by atoms with Gasteiger partial charge in [0, 0.05) is 26.1 Å². The van der Waals surface area contributed by atoms with Crippen molar-refractivity contribution in [3.63, 3.8) is 0 Å². The average molecular weight is 405 g/mol. The number of hydroxylamine groups is 4. The van der Waals surface area contributed by atoms with E-state index in [1.165, 1.54) is 0 Å². The molecule has 0 heterocycles. The number of nitrogens with one attached hydrogen (secondary N) is 1. The predicted molar refractivity (Wildman–Crippen MR) is 99.7 cm³/mol. The number of carbonyl (C=O) groups excluding carboxylic acids is 2. The zero-order chi connectivity index (χ0) is 21.5. The van der Waals surface area contributed by atoms with Gasteiger partial charge in [0.1, 0.15) is 6.04 Å². The molecule has 0 aliphatic heterocycles. The molecule has 1 radical (unpaired) electrons. The number of carboxylic acids is 1. The SMILES string of the molecule is NCCCN(O)CCC[C](C(=O)N[C@@H](CCC(N)=O)C(=O)O)N(O)CCCN. The third-order valence-electron chi connectivity index (χ3n) is 3.88. The van der Waals surface area contributed by atoms with Gasteiger partial charge in [-0.25, -0.2) is 4.79 Å². The average Bonchev–Trinajstić information content (AvgIpc) is 2.64. The molecule has 0 bridgehead atoms. The van der Waals surface area contributed by atoms with Gasteiger partial charge in [0.25, 0.3) is 0 Å². The summed E-state index contributed by atoms with van der Waals surface area (Å²) < 4.78 is 0. The molecule has 0 aromatic rings. The molecular formula is C16H33N6O6. The maximum atomic E-state index is 12.5. The Morgan fingerprint density at radius 1 is 0.929 bits per heavy atom. The van der Waals surface area contributed by atoms with Crippen LogP contribution in [0.5, 0.6) is 0 Å². The first kappa shape index (κ1) is 26.2. The lowest BCUT2D eigenvalue weighted by molar-refractivity contribution is -0.146. The number of carbonyl (C=O) groups is 3. The van der Waals surface area contributed by atoms with Crippen LogP contribution >= 0.6 is 0 Å². The summed E-state index contributed by atoms with van der Waals surface area (Å²) in [6.45, 7) is 1.44. The minimum atomic E-state index is -1.32. The zero-order valence-corrected chi connectivity index (χ0v) is 16.0. The molecule has 10 N–H and O–H groups in total. The van der Waals surface area contributed by atoms with Crippen molar-refractivity contribution in [2.75, 3.05) is 32.7 Å². The molecule has 0 saturated carbocycles. The van der Waals surface area contributed by atoms with Crippen molar-refractivity contribution in [3.05, 3.63) is 6.04 Å². The predicted octanol–water partition coefficient (Wildman–Crippen LogP) is -1.79. The van der Waals surface area contributed by atoms with Gasteiger partial charge in [0.15, 0.2) is 6.04 Å². The third kappa shape index (κ3) is 11.8. The van der Waals surface area contributed by atoms with E-state index >= 15 is 0 Å². The zero-order valence-electron chi connectivity index (χ0n) is 16.0. The van der Waals surface area contributed by atoms with Crippen LogP contribution in [0.2, 0.25) is 0 Å². The number of aliphatic carboxylic acids is 1. The first-order valence-electron chi connectivity index (χ1n) is 9.21. The Morgan fingerprint density at radius 3 is 2.04 bits per heavy atom. The summed E-state index contributed by atoms with van der Waals surface area (Å²) in [6.07, 6.45) is 1.08. The van der Waals surface area contributed by atoms with E-state index < -0.39 is 23.8 Å². The maximum absolute atomic E-state index is 12.5. The summed E-state index contributed by atoms with van der Waals surface area (Å²) in [5.41, 5.74) is 15.8. The van der Waals surface area contributed by atoms with Crippen molar-refractivity contribution in [2.45, 2.75) is 44.6 Å². The number of hydrogen-bond donors (Lipinski definition) is 7. The molecule has 0 fully saturated rings. The fraction of sp³-hybridized carbons (Fsp3) is 0.750. The molecule has 0 aromatic carbocycles. The molecule has 1 atom stereocenters. The molecular weight excluding hydrogens is 372 g/mol.